The maximum absolute atomic E-state index is 11.8. The summed E-state index contributed by atoms with van der Waals surface area (Å²) in [6.07, 6.45) is 20.6. The first-order valence-corrected chi connectivity index (χ1v) is 11.6. The summed E-state index contributed by atoms with van der Waals surface area (Å²) < 4.78 is 0. The van der Waals surface area contributed by atoms with E-state index in [2.05, 4.69) is 12.2 Å². The van der Waals surface area contributed by atoms with Crippen LogP contribution < -0.4 is 11.1 Å². The fraction of sp³-hybridized carbons (Fsp3) is 0.913. The molecular weight excluding hydrogens is 336 g/mol. The van der Waals surface area contributed by atoms with E-state index in [9.17, 15) is 9.59 Å². The largest absolute Gasteiger partial charge is 0.369 e. The molecular formula is C23H46N2O2. The molecule has 1 unspecified atom stereocenters. The molecule has 0 saturated carbocycles. The predicted molar refractivity (Wildman–Crippen MR) is 116 cm³/mol. The van der Waals surface area contributed by atoms with Gasteiger partial charge in [0.05, 0.1) is 0 Å². The third kappa shape index (κ3) is 19.5. The van der Waals surface area contributed by atoms with Gasteiger partial charge in [0.15, 0.2) is 0 Å². The molecule has 0 radical (unpaired) electrons. The Labute approximate surface area is 168 Å². The molecule has 0 spiro atoms. The molecule has 1 atom stereocenters. The second kappa shape index (κ2) is 19.7. The first-order valence-electron chi connectivity index (χ1n) is 11.6. The zero-order valence-corrected chi connectivity index (χ0v) is 18.2. The van der Waals surface area contributed by atoms with Gasteiger partial charge >= 0.3 is 0 Å². The predicted octanol–water partition coefficient (Wildman–Crippen LogP) is 5.88. The van der Waals surface area contributed by atoms with Crippen molar-refractivity contribution in [1.29, 1.82) is 0 Å². The number of primary amides is 1. The third-order valence-corrected chi connectivity index (χ3v) is 5.38. The lowest BCUT2D eigenvalue weighted by molar-refractivity contribution is -0.122. The van der Waals surface area contributed by atoms with Crippen LogP contribution in [0.3, 0.4) is 0 Å². The summed E-state index contributed by atoms with van der Waals surface area (Å²) in [4.78, 5) is 22.7. The van der Waals surface area contributed by atoms with Crippen LogP contribution in [-0.4, -0.2) is 18.4 Å². The lowest BCUT2D eigenvalue weighted by Crippen LogP contribution is -2.24. The summed E-state index contributed by atoms with van der Waals surface area (Å²) in [5.74, 6) is -0.131. The van der Waals surface area contributed by atoms with Crippen LogP contribution in [-0.2, 0) is 9.59 Å². The number of nitrogens with two attached hydrogens (primary N) is 1. The van der Waals surface area contributed by atoms with Crippen molar-refractivity contribution >= 4 is 11.8 Å². The molecule has 27 heavy (non-hydrogen) atoms. The number of carbonyl (C=O) groups excluding carboxylic acids is 2. The van der Waals surface area contributed by atoms with Gasteiger partial charge < -0.3 is 11.1 Å². The molecule has 0 rings (SSSR count). The van der Waals surface area contributed by atoms with Crippen molar-refractivity contribution < 1.29 is 9.59 Å². The van der Waals surface area contributed by atoms with E-state index in [0.29, 0.717) is 13.0 Å². The molecule has 0 heterocycles. The van der Waals surface area contributed by atoms with Gasteiger partial charge in [-0.25, -0.2) is 0 Å². The van der Waals surface area contributed by atoms with E-state index in [1.54, 1.807) is 0 Å². The second-order valence-electron chi connectivity index (χ2n) is 8.14. The summed E-state index contributed by atoms with van der Waals surface area (Å²) in [6, 6.07) is 0. The van der Waals surface area contributed by atoms with E-state index in [4.69, 9.17) is 5.73 Å². The molecule has 0 aromatic heterocycles. The van der Waals surface area contributed by atoms with Crippen molar-refractivity contribution in [2.45, 2.75) is 123 Å². The van der Waals surface area contributed by atoms with Gasteiger partial charge in [0.25, 0.3) is 0 Å². The molecule has 0 aromatic carbocycles. The van der Waals surface area contributed by atoms with Crippen molar-refractivity contribution in [1.82, 2.24) is 5.32 Å². The number of unbranched alkanes of at least 4 members (excludes halogenated alkanes) is 13. The number of nitrogens with one attached hydrogen (secondary N) is 1. The average molecular weight is 383 g/mol. The van der Waals surface area contributed by atoms with E-state index < -0.39 is 0 Å². The number of amides is 2. The molecule has 0 aliphatic carbocycles. The zero-order valence-electron chi connectivity index (χ0n) is 18.2. The molecule has 0 fully saturated rings. The van der Waals surface area contributed by atoms with Crippen molar-refractivity contribution in [3.63, 3.8) is 0 Å². The summed E-state index contributed by atoms with van der Waals surface area (Å²) in [5, 5.41) is 2.97. The Hall–Kier alpha value is -1.06. The molecule has 0 aliphatic heterocycles. The molecule has 0 aliphatic rings. The highest BCUT2D eigenvalue weighted by Gasteiger charge is 2.07. The highest BCUT2D eigenvalue weighted by Crippen LogP contribution is 2.13. The Morgan fingerprint density at radius 3 is 1.70 bits per heavy atom. The first-order chi connectivity index (χ1) is 13.1. The average Bonchev–Trinajstić information content (AvgIpc) is 2.64. The lowest BCUT2D eigenvalue weighted by atomic mass is 10.0. The van der Waals surface area contributed by atoms with Crippen LogP contribution in [0.15, 0.2) is 0 Å². The Morgan fingerprint density at radius 2 is 1.22 bits per heavy atom. The first kappa shape index (κ1) is 25.9. The zero-order chi connectivity index (χ0) is 20.2. The monoisotopic (exact) mass is 382 g/mol. The van der Waals surface area contributed by atoms with Gasteiger partial charge in [0.1, 0.15) is 0 Å². The van der Waals surface area contributed by atoms with Crippen molar-refractivity contribution in [3.05, 3.63) is 0 Å². The Kier molecular flexibility index (Phi) is 18.9. The summed E-state index contributed by atoms with van der Waals surface area (Å²) >= 11 is 0. The van der Waals surface area contributed by atoms with Crippen LogP contribution >= 0.6 is 0 Å². The normalized spacial score (nSPS) is 12.1. The van der Waals surface area contributed by atoms with Crippen LogP contribution in [0.25, 0.3) is 0 Å². The molecule has 4 heteroatoms. The number of hydrogen-bond acceptors (Lipinski definition) is 2. The Morgan fingerprint density at radius 1 is 0.741 bits per heavy atom. The van der Waals surface area contributed by atoms with Crippen molar-refractivity contribution in [2.24, 2.45) is 11.7 Å². The number of rotatable bonds is 20. The van der Waals surface area contributed by atoms with Crippen LogP contribution in [0.1, 0.15) is 123 Å². The van der Waals surface area contributed by atoms with Crippen molar-refractivity contribution in [2.75, 3.05) is 6.54 Å². The van der Waals surface area contributed by atoms with E-state index in [1.165, 1.54) is 77.0 Å². The van der Waals surface area contributed by atoms with Gasteiger partial charge in [-0.15, -0.1) is 0 Å². The summed E-state index contributed by atoms with van der Waals surface area (Å²) in [6.45, 7) is 4.84. The second-order valence-corrected chi connectivity index (χ2v) is 8.14. The highest BCUT2D eigenvalue weighted by molar-refractivity contribution is 5.76. The highest BCUT2D eigenvalue weighted by atomic mass is 16.1. The molecule has 4 nitrogen and oxygen atoms in total. The quantitative estimate of drug-likeness (QED) is 0.258. The molecule has 0 bridgehead atoms. The van der Waals surface area contributed by atoms with Gasteiger partial charge in [-0.1, -0.05) is 97.3 Å². The molecule has 3 N–H and O–H groups in total. The minimum atomic E-state index is -0.235. The van der Waals surface area contributed by atoms with Gasteiger partial charge in [0.2, 0.25) is 11.8 Å². The molecule has 0 aromatic rings. The van der Waals surface area contributed by atoms with Crippen LogP contribution in [0.5, 0.6) is 0 Å². The smallest absolute Gasteiger partial charge is 0.220 e. The minimum absolute atomic E-state index is 0.0634. The van der Waals surface area contributed by atoms with Crippen LogP contribution in [0.2, 0.25) is 0 Å². The lowest BCUT2D eigenvalue weighted by Gasteiger charge is -2.08. The maximum Gasteiger partial charge on any atom is 0.220 e. The fourth-order valence-corrected chi connectivity index (χ4v) is 3.34. The van der Waals surface area contributed by atoms with Crippen LogP contribution in [0.4, 0.5) is 0 Å². The maximum atomic E-state index is 11.8. The SMILES string of the molecule is CCCCCCCCCCCCCCCC(=O)NCCCCC(C)C(N)=O. The summed E-state index contributed by atoms with van der Waals surface area (Å²) in [7, 11) is 0. The summed E-state index contributed by atoms with van der Waals surface area (Å²) in [5.41, 5.74) is 5.23. The van der Waals surface area contributed by atoms with E-state index in [1.807, 2.05) is 6.92 Å². The third-order valence-electron chi connectivity index (χ3n) is 5.38. The Balaban J connectivity index is 3.22. The fourth-order valence-electron chi connectivity index (χ4n) is 3.34. The van der Waals surface area contributed by atoms with Crippen LogP contribution in [0, 0.1) is 5.92 Å². The van der Waals surface area contributed by atoms with E-state index in [0.717, 1.165) is 25.7 Å². The standard InChI is InChI=1S/C23H46N2O2/c1-3-4-5-6-7-8-9-10-11-12-13-14-15-19-22(26)25-20-17-16-18-21(2)23(24)27/h21H,3-20H2,1-2H3,(H2,24,27)(H,25,26). The number of hydrogen-bond donors (Lipinski definition) is 2. The Bertz CT molecular complexity index is 358. The van der Waals surface area contributed by atoms with Gasteiger partial charge in [-0.3, -0.25) is 9.59 Å². The van der Waals surface area contributed by atoms with Gasteiger partial charge in [-0.05, 0) is 19.3 Å². The molecule has 2 amide bonds. The van der Waals surface area contributed by atoms with Crippen molar-refractivity contribution in [3.8, 4) is 0 Å². The molecule has 160 valence electrons. The van der Waals surface area contributed by atoms with E-state index in [-0.39, 0.29) is 17.7 Å². The minimum Gasteiger partial charge on any atom is -0.369 e. The topological polar surface area (TPSA) is 72.2 Å². The van der Waals surface area contributed by atoms with Gasteiger partial charge in [0, 0.05) is 18.9 Å². The number of carbonyl (C=O) groups is 2. The van der Waals surface area contributed by atoms with E-state index >= 15 is 0 Å². The van der Waals surface area contributed by atoms with Gasteiger partial charge in [-0.2, -0.15) is 0 Å². The molecule has 0 saturated heterocycles.